The molecule has 0 atom stereocenters. The summed E-state index contributed by atoms with van der Waals surface area (Å²) < 4.78 is 0. The van der Waals surface area contributed by atoms with Crippen molar-refractivity contribution in [3.63, 3.8) is 0 Å². The van der Waals surface area contributed by atoms with E-state index in [4.69, 9.17) is 0 Å². The maximum Gasteiger partial charge on any atom is -0.0353 e. The predicted molar refractivity (Wildman–Crippen MR) is 75.6 cm³/mol. The van der Waals surface area contributed by atoms with Crippen molar-refractivity contribution in [3.8, 4) is 0 Å². The summed E-state index contributed by atoms with van der Waals surface area (Å²) in [4.78, 5) is 0. The standard InChI is InChI=1S/C14H31P/c1-3-5-7-9-11-13-15-14-12-10-8-6-4-2/h15H,3-14H2,1-2H3. The first kappa shape index (κ1) is 15.4. The summed E-state index contributed by atoms with van der Waals surface area (Å²) in [6.45, 7) is 4.58. The second kappa shape index (κ2) is 14.4. The van der Waals surface area contributed by atoms with Crippen LogP contribution < -0.4 is 0 Å². The van der Waals surface area contributed by atoms with Crippen LogP contribution in [0.15, 0.2) is 0 Å². The molecule has 0 saturated heterocycles. The molecular weight excluding hydrogens is 199 g/mol. The lowest BCUT2D eigenvalue weighted by Gasteiger charge is -2.02. The zero-order valence-corrected chi connectivity index (χ0v) is 12.0. The molecule has 0 heterocycles. The lowest BCUT2D eigenvalue weighted by Crippen LogP contribution is -1.84. The Hall–Kier alpha value is 0.430. The Morgan fingerprint density at radius 1 is 0.533 bits per heavy atom. The summed E-state index contributed by atoms with van der Waals surface area (Å²) in [5.41, 5.74) is 0. The highest BCUT2D eigenvalue weighted by atomic mass is 31.1. The van der Waals surface area contributed by atoms with Crippen LogP contribution in [0.1, 0.15) is 78.1 Å². The van der Waals surface area contributed by atoms with E-state index >= 15 is 0 Å². The van der Waals surface area contributed by atoms with E-state index in [1.165, 1.54) is 85.1 Å². The summed E-state index contributed by atoms with van der Waals surface area (Å²) in [5, 5.41) is 0. The Bertz CT molecular complexity index is 89.5. The van der Waals surface area contributed by atoms with Gasteiger partial charge in [0.25, 0.3) is 0 Å². The summed E-state index contributed by atoms with van der Waals surface area (Å²) >= 11 is 0. The number of hydrogen-bond donors (Lipinski definition) is 0. The molecule has 92 valence electrons. The molecule has 0 aromatic heterocycles. The van der Waals surface area contributed by atoms with Crippen LogP contribution in [-0.4, -0.2) is 12.3 Å². The van der Waals surface area contributed by atoms with E-state index < -0.39 is 0 Å². The highest BCUT2D eigenvalue weighted by Gasteiger charge is 1.91. The fourth-order valence-corrected chi connectivity index (χ4v) is 3.08. The molecular formula is C14H31P. The Kier molecular flexibility index (Phi) is 14.8. The Labute approximate surface area is 99.4 Å². The average Bonchev–Trinajstić information content (AvgIpc) is 2.26. The molecule has 0 spiro atoms. The molecule has 0 nitrogen and oxygen atoms in total. The first-order valence-electron chi connectivity index (χ1n) is 7.12. The third-order valence-corrected chi connectivity index (χ3v) is 4.33. The Morgan fingerprint density at radius 2 is 0.933 bits per heavy atom. The molecule has 0 radical (unpaired) electrons. The average molecular weight is 230 g/mol. The molecule has 0 amide bonds. The van der Waals surface area contributed by atoms with Crippen LogP contribution in [0.2, 0.25) is 0 Å². The molecule has 1 heteroatoms. The van der Waals surface area contributed by atoms with Gasteiger partial charge in [-0.25, -0.2) is 0 Å². The smallest absolute Gasteiger partial charge is 0.0353 e. The fourth-order valence-electron chi connectivity index (χ4n) is 1.83. The van der Waals surface area contributed by atoms with E-state index in [2.05, 4.69) is 13.8 Å². The van der Waals surface area contributed by atoms with E-state index in [1.54, 1.807) is 0 Å². The van der Waals surface area contributed by atoms with Gasteiger partial charge in [-0.2, -0.15) is 0 Å². The van der Waals surface area contributed by atoms with Gasteiger partial charge in [-0.15, -0.1) is 8.58 Å². The third kappa shape index (κ3) is 14.4. The zero-order chi connectivity index (χ0) is 11.2. The molecule has 0 aromatic carbocycles. The van der Waals surface area contributed by atoms with Gasteiger partial charge in [0.15, 0.2) is 0 Å². The minimum atomic E-state index is 1.26. The van der Waals surface area contributed by atoms with E-state index in [-0.39, 0.29) is 0 Å². The number of unbranched alkanes of at least 4 members (excludes halogenated alkanes) is 8. The summed E-state index contributed by atoms with van der Waals surface area (Å²) in [7, 11) is 1.26. The van der Waals surface area contributed by atoms with Crippen molar-refractivity contribution in [1.29, 1.82) is 0 Å². The molecule has 0 rings (SSSR count). The molecule has 15 heavy (non-hydrogen) atoms. The van der Waals surface area contributed by atoms with Crippen molar-refractivity contribution >= 4 is 8.58 Å². The lowest BCUT2D eigenvalue weighted by molar-refractivity contribution is 0.653. The molecule has 0 aromatic rings. The van der Waals surface area contributed by atoms with Crippen LogP contribution in [0.5, 0.6) is 0 Å². The monoisotopic (exact) mass is 230 g/mol. The van der Waals surface area contributed by atoms with Gasteiger partial charge in [-0.1, -0.05) is 65.2 Å². The predicted octanol–water partition coefficient (Wildman–Crippen LogP) is 5.61. The fraction of sp³-hybridized carbons (Fsp3) is 1.00. The highest BCUT2D eigenvalue weighted by molar-refractivity contribution is 7.37. The lowest BCUT2D eigenvalue weighted by atomic mass is 10.2. The van der Waals surface area contributed by atoms with Gasteiger partial charge in [-0.05, 0) is 25.2 Å². The van der Waals surface area contributed by atoms with Gasteiger partial charge in [0.2, 0.25) is 0 Å². The number of rotatable bonds is 12. The SMILES string of the molecule is CCCCCCCPCCCCCCC. The van der Waals surface area contributed by atoms with Crippen molar-refractivity contribution in [2.75, 3.05) is 12.3 Å². The van der Waals surface area contributed by atoms with Crippen molar-refractivity contribution in [2.24, 2.45) is 0 Å². The van der Waals surface area contributed by atoms with Crippen LogP contribution >= 0.6 is 8.58 Å². The minimum absolute atomic E-state index is 1.26. The summed E-state index contributed by atoms with van der Waals surface area (Å²) in [5.74, 6) is 0. The van der Waals surface area contributed by atoms with Gasteiger partial charge >= 0.3 is 0 Å². The zero-order valence-electron chi connectivity index (χ0n) is 11.0. The second-order valence-electron chi connectivity index (χ2n) is 4.58. The highest BCUT2D eigenvalue weighted by Crippen LogP contribution is 2.17. The summed E-state index contributed by atoms with van der Waals surface area (Å²) in [6.07, 6.45) is 17.6. The van der Waals surface area contributed by atoms with Crippen molar-refractivity contribution in [3.05, 3.63) is 0 Å². The maximum absolute atomic E-state index is 2.29. The van der Waals surface area contributed by atoms with Crippen molar-refractivity contribution < 1.29 is 0 Å². The molecule has 0 bridgehead atoms. The molecule has 0 N–H and O–H groups in total. The topological polar surface area (TPSA) is 0 Å². The van der Waals surface area contributed by atoms with Crippen LogP contribution in [0.4, 0.5) is 0 Å². The van der Waals surface area contributed by atoms with Gasteiger partial charge < -0.3 is 0 Å². The normalized spacial score (nSPS) is 10.8. The molecule has 0 saturated carbocycles. The minimum Gasteiger partial charge on any atom is -0.122 e. The Morgan fingerprint density at radius 3 is 1.33 bits per heavy atom. The van der Waals surface area contributed by atoms with Gasteiger partial charge in [0, 0.05) is 0 Å². The first-order chi connectivity index (χ1) is 7.41. The van der Waals surface area contributed by atoms with Crippen molar-refractivity contribution in [1.82, 2.24) is 0 Å². The second-order valence-corrected chi connectivity index (χ2v) is 6.08. The molecule has 0 aliphatic heterocycles. The quantitative estimate of drug-likeness (QED) is 0.302. The van der Waals surface area contributed by atoms with Gasteiger partial charge in [-0.3, -0.25) is 0 Å². The molecule has 0 fully saturated rings. The maximum atomic E-state index is 2.29. The van der Waals surface area contributed by atoms with Crippen molar-refractivity contribution in [2.45, 2.75) is 78.1 Å². The van der Waals surface area contributed by atoms with Crippen LogP contribution in [0, 0.1) is 0 Å². The van der Waals surface area contributed by atoms with Crippen LogP contribution in [-0.2, 0) is 0 Å². The van der Waals surface area contributed by atoms with Gasteiger partial charge in [0.1, 0.15) is 0 Å². The molecule has 0 aliphatic rings. The largest absolute Gasteiger partial charge is 0.122 e. The van der Waals surface area contributed by atoms with E-state index in [0.717, 1.165) is 0 Å². The van der Waals surface area contributed by atoms with E-state index in [9.17, 15) is 0 Å². The van der Waals surface area contributed by atoms with E-state index in [1.807, 2.05) is 0 Å². The third-order valence-electron chi connectivity index (χ3n) is 2.91. The first-order valence-corrected chi connectivity index (χ1v) is 8.54. The molecule has 0 aliphatic carbocycles. The van der Waals surface area contributed by atoms with Crippen LogP contribution in [0.25, 0.3) is 0 Å². The summed E-state index contributed by atoms with van der Waals surface area (Å²) in [6, 6.07) is 0. The van der Waals surface area contributed by atoms with Gasteiger partial charge in [0.05, 0.1) is 0 Å². The van der Waals surface area contributed by atoms with Crippen LogP contribution in [0.3, 0.4) is 0 Å². The van der Waals surface area contributed by atoms with E-state index in [0.29, 0.717) is 0 Å². The Balaban J connectivity index is 2.81. The molecule has 0 unspecified atom stereocenters. The number of hydrogen-bond acceptors (Lipinski definition) is 0.